The molecule has 2 heterocycles. The predicted octanol–water partition coefficient (Wildman–Crippen LogP) is 3.72. The lowest BCUT2D eigenvalue weighted by molar-refractivity contribution is 0.474. The zero-order valence-corrected chi connectivity index (χ0v) is 13.2. The second kappa shape index (κ2) is 6.06. The van der Waals surface area contributed by atoms with Gasteiger partial charge >= 0.3 is 0 Å². The molecular formula is C14H15BrClNO3. The minimum Gasteiger partial charge on any atom is -0.508 e. The fraction of sp³-hybridized carbons (Fsp3) is 0.357. The van der Waals surface area contributed by atoms with Gasteiger partial charge in [0.1, 0.15) is 23.3 Å². The molecular weight excluding hydrogens is 346 g/mol. The van der Waals surface area contributed by atoms with Crippen LogP contribution in [0.5, 0.6) is 5.75 Å². The number of piperidine rings is 1. The molecule has 0 radical (unpaired) electrons. The molecule has 1 aromatic heterocycles. The minimum absolute atomic E-state index is 0. The summed E-state index contributed by atoms with van der Waals surface area (Å²) in [5.74, 6) is -0.00799. The van der Waals surface area contributed by atoms with Crippen LogP contribution in [0.2, 0.25) is 5.02 Å². The molecule has 1 aliphatic heterocycles. The van der Waals surface area contributed by atoms with E-state index >= 15 is 0 Å². The first-order valence-corrected chi connectivity index (χ1v) is 6.73. The number of hydrogen-bond acceptors (Lipinski definition) is 4. The highest BCUT2D eigenvalue weighted by atomic mass is 79.9. The smallest absolute Gasteiger partial charge is 0.217 e. The van der Waals surface area contributed by atoms with Crippen LogP contribution in [0.1, 0.15) is 19.3 Å². The lowest BCUT2D eigenvalue weighted by Gasteiger charge is -2.27. The lowest BCUT2D eigenvalue weighted by Crippen LogP contribution is -2.33. The first kappa shape index (κ1) is 15.2. The number of anilines is 1. The van der Waals surface area contributed by atoms with Gasteiger partial charge in [0.25, 0.3) is 0 Å². The van der Waals surface area contributed by atoms with Gasteiger partial charge in [0.2, 0.25) is 5.43 Å². The number of halogens is 2. The molecule has 1 N–H and O–H groups in total. The SMILES string of the molecule is Br.O=c1c(N2CCCCC2)coc2cc(O)cc(Cl)c12. The van der Waals surface area contributed by atoms with E-state index in [-0.39, 0.29) is 33.2 Å². The van der Waals surface area contributed by atoms with Crippen molar-refractivity contribution in [1.29, 1.82) is 0 Å². The van der Waals surface area contributed by atoms with Crippen LogP contribution in [-0.4, -0.2) is 18.2 Å². The Balaban J connectivity index is 0.00000147. The van der Waals surface area contributed by atoms with E-state index in [0.717, 1.165) is 25.9 Å². The molecule has 0 spiro atoms. The van der Waals surface area contributed by atoms with E-state index in [1.807, 2.05) is 4.90 Å². The fourth-order valence-corrected chi connectivity index (χ4v) is 2.83. The second-order valence-corrected chi connectivity index (χ2v) is 5.21. The van der Waals surface area contributed by atoms with Gasteiger partial charge in [-0.15, -0.1) is 17.0 Å². The Kier molecular flexibility index (Phi) is 4.60. The Morgan fingerprint density at radius 1 is 1.20 bits per heavy atom. The molecule has 0 aliphatic carbocycles. The van der Waals surface area contributed by atoms with E-state index in [1.165, 1.54) is 24.8 Å². The zero-order chi connectivity index (χ0) is 13.4. The average Bonchev–Trinajstić information content (AvgIpc) is 2.39. The van der Waals surface area contributed by atoms with E-state index in [9.17, 15) is 9.90 Å². The van der Waals surface area contributed by atoms with Gasteiger partial charge in [-0.25, -0.2) is 0 Å². The van der Waals surface area contributed by atoms with Gasteiger partial charge in [-0.05, 0) is 25.3 Å². The Morgan fingerprint density at radius 3 is 2.60 bits per heavy atom. The van der Waals surface area contributed by atoms with Crippen molar-refractivity contribution in [2.24, 2.45) is 0 Å². The Hall–Kier alpha value is -1.20. The molecule has 1 aliphatic rings. The largest absolute Gasteiger partial charge is 0.508 e. The molecule has 4 nitrogen and oxygen atoms in total. The highest BCUT2D eigenvalue weighted by Gasteiger charge is 2.18. The number of rotatable bonds is 1. The number of aromatic hydroxyl groups is 1. The van der Waals surface area contributed by atoms with E-state index in [4.69, 9.17) is 16.0 Å². The highest BCUT2D eigenvalue weighted by Crippen LogP contribution is 2.28. The third-order valence-corrected chi connectivity index (χ3v) is 3.79. The average molecular weight is 361 g/mol. The van der Waals surface area contributed by atoms with Crippen LogP contribution in [0.25, 0.3) is 11.0 Å². The molecule has 0 amide bonds. The molecule has 20 heavy (non-hydrogen) atoms. The standard InChI is InChI=1S/C14H14ClNO3.BrH/c15-10-6-9(17)7-12-13(10)14(18)11(8-19-12)16-4-2-1-3-5-16;/h6-8,17H,1-5H2;1H. The number of phenols is 1. The van der Waals surface area contributed by atoms with Gasteiger partial charge in [-0.3, -0.25) is 4.79 Å². The van der Waals surface area contributed by atoms with E-state index < -0.39 is 0 Å². The van der Waals surface area contributed by atoms with Crippen LogP contribution in [0.15, 0.2) is 27.6 Å². The van der Waals surface area contributed by atoms with Crippen molar-refractivity contribution in [3.63, 3.8) is 0 Å². The zero-order valence-electron chi connectivity index (χ0n) is 10.8. The summed E-state index contributed by atoms with van der Waals surface area (Å²) < 4.78 is 5.45. The maximum atomic E-state index is 12.5. The van der Waals surface area contributed by atoms with Crippen LogP contribution < -0.4 is 10.3 Å². The van der Waals surface area contributed by atoms with E-state index in [0.29, 0.717) is 16.7 Å². The molecule has 108 valence electrons. The van der Waals surface area contributed by atoms with Crippen LogP contribution in [0.4, 0.5) is 5.69 Å². The van der Waals surface area contributed by atoms with Crippen LogP contribution in [-0.2, 0) is 0 Å². The molecule has 0 atom stereocenters. The van der Waals surface area contributed by atoms with E-state index in [2.05, 4.69) is 0 Å². The number of fused-ring (bicyclic) bond motifs is 1. The maximum Gasteiger partial charge on any atom is 0.217 e. The Labute approximate surface area is 131 Å². The summed E-state index contributed by atoms with van der Waals surface area (Å²) in [7, 11) is 0. The first-order valence-electron chi connectivity index (χ1n) is 6.36. The maximum absolute atomic E-state index is 12.5. The van der Waals surface area contributed by atoms with Crippen molar-refractivity contribution in [3.05, 3.63) is 33.6 Å². The molecule has 6 heteroatoms. The van der Waals surface area contributed by atoms with Crippen molar-refractivity contribution in [1.82, 2.24) is 0 Å². The highest BCUT2D eigenvalue weighted by molar-refractivity contribution is 8.93. The number of benzene rings is 1. The lowest BCUT2D eigenvalue weighted by atomic mass is 10.1. The predicted molar refractivity (Wildman–Crippen MR) is 85.5 cm³/mol. The van der Waals surface area contributed by atoms with Crippen molar-refractivity contribution in [2.75, 3.05) is 18.0 Å². The molecule has 0 unspecified atom stereocenters. The van der Waals surface area contributed by atoms with Crippen molar-refractivity contribution in [3.8, 4) is 5.75 Å². The van der Waals surface area contributed by atoms with Gasteiger partial charge in [0, 0.05) is 19.2 Å². The van der Waals surface area contributed by atoms with Crippen LogP contribution in [0, 0.1) is 0 Å². The molecule has 2 aromatic rings. The second-order valence-electron chi connectivity index (χ2n) is 4.80. The quantitative estimate of drug-likeness (QED) is 0.842. The van der Waals surface area contributed by atoms with Crippen molar-refractivity contribution in [2.45, 2.75) is 19.3 Å². The number of hydrogen-bond donors (Lipinski definition) is 1. The summed E-state index contributed by atoms with van der Waals surface area (Å²) in [4.78, 5) is 14.5. The minimum atomic E-state index is -0.131. The Morgan fingerprint density at radius 2 is 1.90 bits per heavy atom. The third-order valence-electron chi connectivity index (χ3n) is 3.49. The fourth-order valence-electron chi connectivity index (χ4n) is 2.53. The molecule has 0 saturated carbocycles. The van der Waals surface area contributed by atoms with Crippen LogP contribution >= 0.6 is 28.6 Å². The van der Waals surface area contributed by atoms with Crippen molar-refractivity contribution < 1.29 is 9.52 Å². The topological polar surface area (TPSA) is 53.7 Å². The van der Waals surface area contributed by atoms with Gasteiger partial charge < -0.3 is 14.4 Å². The van der Waals surface area contributed by atoms with Crippen LogP contribution in [0.3, 0.4) is 0 Å². The number of phenolic OH excluding ortho intramolecular Hbond substituents is 1. The van der Waals surface area contributed by atoms with E-state index in [1.54, 1.807) is 0 Å². The summed E-state index contributed by atoms with van der Waals surface area (Å²) in [6, 6.07) is 2.77. The third kappa shape index (κ3) is 2.65. The van der Waals surface area contributed by atoms with Gasteiger partial charge in [-0.2, -0.15) is 0 Å². The summed E-state index contributed by atoms with van der Waals surface area (Å²) in [6.07, 6.45) is 4.83. The van der Waals surface area contributed by atoms with Gasteiger partial charge in [0.15, 0.2) is 0 Å². The van der Waals surface area contributed by atoms with Gasteiger partial charge in [-0.1, -0.05) is 11.6 Å². The molecule has 0 bridgehead atoms. The Bertz CT molecular complexity index is 680. The normalized spacial score (nSPS) is 15.2. The molecule has 1 saturated heterocycles. The molecule has 1 fully saturated rings. The summed E-state index contributed by atoms with van der Waals surface area (Å²) >= 11 is 6.04. The van der Waals surface area contributed by atoms with Gasteiger partial charge in [0.05, 0.1) is 10.4 Å². The number of nitrogens with zero attached hydrogens (tertiary/aromatic N) is 1. The monoisotopic (exact) mass is 359 g/mol. The van der Waals surface area contributed by atoms with Crippen molar-refractivity contribution >= 4 is 45.2 Å². The summed E-state index contributed by atoms with van der Waals surface area (Å²) in [6.45, 7) is 1.73. The molecule has 3 rings (SSSR count). The first-order chi connectivity index (χ1) is 9.16. The summed E-state index contributed by atoms with van der Waals surface area (Å²) in [5, 5.41) is 10.0. The molecule has 1 aromatic carbocycles. The summed E-state index contributed by atoms with van der Waals surface area (Å²) in [5.41, 5.74) is 0.740.